The summed E-state index contributed by atoms with van der Waals surface area (Å²) in [5.74, 6) is 0.499. The Balaban J connectivity index is 1.48. The molecule has 7 nitrogen and oxygen atoms in total. The first-order chi connectivity index (χ1) is 13.5. The van der Waals surface area contributed by atoms with Gasteiger partial charge in [0.1, 0.15) is 5.75 Å². The number of carbonyl (C=O) groups excluding carboxylic acids is 2. The molecular weight excluding hydrogens is 356 g/mol. The number of carbonyl (C=O) groups is 2. The molecule has 0 aromatic heterocycles. The van der Waals surface area contributed by atoms with E-state index in [0.717, 1.165) is 28.3 Å². The number of benzene rings is 2. The molecule has 0 spiro atoms. The monoisotopic (exact) mass is 381 g/mol. The van der Waals surface area contributed by atoms with Gasteiger partial charge in [0.2, 0.25) is 0 Å². The van der Waals surface area contributed by atoms with Crippen LogP contribution in [0.2, 0.25) is 0 Å². The highest BCUT2D eigenvalue weighted by Crippen LogP contribution is 2.15. The Morgan fingerprint density at radius 3 is 2.50 bits per heavy atom. The molecule has 0 bridgehead atoms. The SMILES string of the molecule is COc1ccc(NC(=O)C[NH+](C)CC(=O)N2CCC(c3ccccc3)=N2)cc1. The van der Waals surface area contributed by atoms with Crippen molar-refractivity contribution in [3.8, 4) is 5.75 Å². The first-order valence-electron chi connectivity index (χ1n) is 9.23. The molecule has 146 valence electrons. The molecule has 2 N–H and O–H groups in total. The second-order valence-electron chi connectivity index (χ2n) is 6.77. The highest BCUT2D eigenvalue weighted by atomic mass is 16.5. The van der Waals surface area contributed by atoms with E-state index in [1.54, 1.807) is 31.4 Å². The molecule has 0 aliphatic carbocycles. The molecule has 0 saturated carbocycles. The van der Waals surface area contributed by atoms with E-state index >= 15 is 0 Å². The van der Waals surface area contributed by atoms with Gasteiger partial charge >= 0.3 is 0 Å². The number of anilines is 1. The van der Waals surface area contributed by atoms with Gasteiger partial charge in [-0.1, -0.05) is 30.3 Å². The average molecular weight is 381 g/mol. The molecule has 3 rings (SSSR count). The smallest absolute Gasteiger partial charge is 0.297 e. The largest absolute Gasteiger partial charge is 0.497 e. The van der Waals surface area contributed by atoms with Crippen LogP contribution in [0.3, 0.4) is 0 Å². The lowest BCUT2D eigenvalue weighted by molar-refractivity contribution is -0.862. The van der Waals surface area contributed by atoms with Gasteiger partial charge in [-0.2, -0.15) is 5.10 Å². The minimum Gasteiger partial charge on any atom is -0.497 e. The van der Waals surface area contributed by atoms with Crippen LogP contribution in [0.25, 0.3) is 0 Å². The van der Waals surface area contributed by atoms with Crippen molar-refractivity contribution in [2.75, 3.05) is 39.1 Å². The Labute approximate surface area is 164 Å². The summed E-state index contributed by atoms with van der Waals surface area (Å²) in [6.45, 7) is 0.983. The molecule has 1 aliphatic rings. The van der Waals surface area contributed by atoms with E-state index in [9.17, 15) is 9.59 Å². The van der Waals surface area contributed by atoms with E-state index in [1.165, 1.54) is 5.01 Å². The molecule has 1 atom stereocenters. The number of ether oxygens (including phenoxy) is 1. The zero-order valence-corrected chi connectivity index (χ0v) is 16.1. The molecule has 2 amide bonds. The average Bonchev–Trinajstić information content (AvgIpc) is 3.19. The minimum atomic E-state index is -0.148. The van der Waals surface area contributed by atoms with Crippen LogP contribution in [-0.2, 0) is 9.59 Å². The van der Waals surface area contributed by atoms with Crippen molar-refractivity contribution in [3.63, 3.8) is 0 Å². The van der Waals surface area contributed by atoms with Gasteiger partial charge in [0, 0.05) is 12.1 Å². The second-order valence-corrected chi connectivity index (χ2v) is 6.77. The lowest BCUT2D eigenvalue weighted by Crippen LogP contribution is -3.11. The van der Waals surface area contributed by atoms with Gasteiger partial charge in [-0.25, -0.2) is 5.01 Å². The fraction of sp³-hybridized carbons (Fsp3) is 0.286. The van der Waals surface area contributed by atoms with Crippen molar-refractivity contribution < 1.29 is 19.2 Å². The zero-order valence-electron chi connectivity index (χ0n) is 16.1. The number of quaternary nitrogens is 1. The quantitative estimate of drug-likeness (QED) is 0.745. The van der Waals surface area contributed by atoms with Crippen molar-refractivity contribution in [3.05, 3.63) is 60.2 Å². The molecule has 0 saturated heterocycles. The van der Waals surface area contributed by atoms with E-state index in [1.807, 2.05) is 37.4 Å². The Morgan fingerprint density at radius 2 is 1.82 bits per heavy atom. The topological polar surface area (TPSA) is 75.4 Å². The summed E-state index contributed by atoms with van der Waals surface area (Å²) >= 11 is 0. The molecule has 1 aliphatic heterocycles. The Hall–Kier alpha value is -3.19. The molecule has 0 fully saturated rings. The lowest BCUT2D eigenvalue weighted by Gasteiger charge is -2.16. The molecule has 0 radical (unpaired) electrons. The zero-order chi connectivity index (χ0) is 19.9. The first-order valence-corrected chi connectivity index (χ1v) is 9.23. The number of nitrogens with zero attached hydrogens (tertiary/aromatic N) is 2. The standard InChI is InChI=1S/C21H24N4O3/c1-24(14-20(26)22-17-8-10-18(28-2)11-9-17)15-21(27)25-13-12-19(23-25)16-6-4-3-5-7-16/h3-11H,12-15H2,1-2H3,(H,22,26)/p+1. The Kier molecular flexibility index (Phi) is 6.39. The summed E-state index contributed by atoms with van der Waals surface area (Å²) in [5, 5.41) is 8.78. The summed E-state index contributed by atoms with van der Waals surface area (Å²) in [6.07, 6.45) is 0.743. The maximum Gasteiger partial charge on any atom is 0.297 e. The number of amides is 2. The van der Waals surface area contributed by atoms with E-state index in [4.69, 9.17) is 4.74 Å². The molecule has 28 heavy (non-hydrogen) atoms. The Bertz CT molecular complexity index is 850. The van der Waals surface area contributed by atoms with Gasteiger partial charge < -0.3 is 15.0 Å². The summed E-state index contributed by atoms with van der Waals surface area (Å²) in [7, 11) is 3.42. The van der Waals surface area contributed by atoms with E-state index < -0.39 is 0 Å². The summed E-state index contributed by atoms with van der Waals surface area (Å²) in [5.41, 5.74) is 2.66. The predicted octanol–water partition coefficient (Wildman–Crippen LogP) is 0.785. The third-order valence-electron chi connectivity index (χ3n) is 4.49. The first kappa shape index (κ1) is 19.6. The molecular formula is C21H25N4O3+. The maximum absolute atomic E-state index is 12.5. The fourth-order valence-electron chi connectivity index (χ4n) is 3.04. The highest BCUT2D eigenvalue weighted by Gasteiger charge is 2.24. The molecule has 2 aromatic carbocycles. The summed E-state index contributed by atoms with van der Waals surface area (Å²) < 4.78 is 5.10. The van der Waals surface area contributed by atoms with Gasteiger partial charge in [-0.05, 0) is 29.8 Å². The highest BCUT2D eigenvalue weighted by molar-refractivity contribution is 6.02. The van der Waals surface area contributed by atoms with Gasteiger partial charge in [-0.15, -0.1) is 0 Å². The number of hydrazone groups is 1. The van der Waals surface area contributed by atoms with Crippen LogP contribution in [0.4, 0.5) is 5.69 Å². The lowest BCUT2D eigenvalue weighted by atomic mass is 10.1. The number of nitrogens with one attached hydrogen (secondary N) is 2. The van der Waals surface area contributed by atoms with Crippen molar-refractivity contribution in [1.29, 1.82) is 0 Å². The van der Waals surface area contributed by atoms with E-state index in [-0.39, 0.29) is 24.9 Å². The Morgan fingerprint density at radius 1 is 1.11 bits per heavy atom. The number of likely N-dealkylation sites (N-methyl/N-ethyl adjacent to an activating group) is 1. The van der Waals surface area contributed by atoms with Gasteiger partial charge in [0.25, 0.3) is 11.8 Å². The van der Waals surface area contributed by atoms with Crippen LogP contribution in [0.5, 0.6) is 5.75 Å². The third-order valence-corrected chi connectivity index (χ3v) is 4.49. The number of hydrogen-bond donors (Lipinski definition) is 2. The maximum atomic E-state index is 12.5. The second kappa shape index (κ2) is 9.14. The van der Waals surface area contributed by atoms with Crippen LogP contribution >= 0.6 is 0 Å². The van der Waals surface area contributed by atoms with Crippen LogP contribution in [0.15, 0.2) is 59.7 Å². The predicted molar refractivity (Wildman–Crippen MR) is 108 cm³/mol. The molecule has 2 aromatic rings. The van der Waals surface area contributed by atoms with E-state index in [2.05, 4.69) is 10.4 Å². The van der Waals surface area contributed by atoms with Crippen molar-refractivity contribution in [2.24, 2.45) is 5.10 Å². The van der Waals surface area contributed by atoms with E-state index in [0.29, 0.717) is 12.2 Å². The third kappa shape index (κ3) is 5.17. The van der Waals surface area contributed by atoms with Gasteiger partial charge in [-0.3, -0.25) is 9.59 Å². The van der Waals surface area contributed by atoms with Crippen molar-refractivity contribution in [1.82, 2.24) is 5.01 Å². The number of hydrogen-bond acceptors (Lipinski definition) is 4. The molecule has 1 unspecified atom stereocenters. The van der Waals surface area contributed by atoms with Gasteiger partial charge in [0.15, 0.2) is 13.1 Å². The molecule has 7 heteroatoms. The summed E-state index contributed by atoms with van der Waals surface area (Å²) in [6, 6.07) is 17.0. The normalized spacial score (nSPS) is 14.4. The van der Waals surface area contributed by atoms with Crippen LogP contribution in [-0.4, -0.2) is 56.3 Å². The number of methoxy groups -OCH3 is 1. The van der Waals surface area contributed by atoms with Crippen LogP contribution in [0, 0.1) is 0 Å². The minimum absolute atomic E-state index is 0.0827. The summed E-state index contributed by atoms with van der Waals surface area (Å²) in [4.78, 5) is 25.5. The van der Waals surface area contributed by atoms with Gasteiger partial charge in [0.05, 0.1) is 26.4 Å². The van der Waals surface area contributed by atoms with Crippen molar-refractivity contribution in [2.45, 2.75) is 6.42 Å². The van der Waals surface area contributed by atoms with Crippen LogP contribution in [0.1, 0.15) is 12.0 Å². The van der Waals surface area contributed by atoms with Crippen LogP contribution < -0.4 is 15.0 Å². The fourth-order valence-corrected chi connectivity index (χ4v) is 3.04. The van der Waals surface area contributed by atoms with Crippen molar-refractivity contribution >= 4 is 23.2 Å². The number of rotatable bonds is 7. The molecule has 1 heterocycles.